The highest BCUT2D eigenvalue weighted by atomic mass is 35.5. The van der Waals surface area contributed by atoms with Gasteiger partial charge in [-0.25, -0.2) is 8.42 Å². The Balaban J connectivity index is 0.00000225. The number of hydrogen-bond acceptors (Lipinski definition) is 6. The van der Waals surface area contributed by atoms with Crippen molar-refractivity contribution in [3.05, 3.63) is 18.2 Å². The zero-order valence-corrected chi connectivity index (χ0v) is 17.3. The normalized spacial score (nSPS) is 23.0. The number of fused-ring (bicyclic) bond motifs is 1. The minimum Gasteiger partial charge on any atom is -0.486 e. The highest BCUT2D eigenvalue weighted by molar-refractivity contribution is 7.89. The minimum absolute atomic E-state index is 0. The van der Waals surface area contributed by atoms with Gasteiger partial charge in [0.2, 0.25) is 15.9 Å². The van der Waals surface area contributed by atoms with E-state index in [1.54, 1.807) is 17.0 Å². The van der Waals surface area contributed by atoms with Crippen molar-refractivity contribution >= 4 is 28.3 Å². The van der Waals surface area contributed by atoms with Crippen LogP contribution in [0.1, 0.15) is 19.3 Å². The van der Waals surface area contributed by atoms with Crippen LogP contribution in [0.4, 0.5) is 0 Å². The third-order valence-electron chi connectivity index (χ3n) is 5.28. The number of hydrogen-bond donors (Lipinski definition) is 1. The van der Waals surface area contributed by atoms with Gasteiger partial charge in [0.05, 0.1) is 10.9 Å². The molecule has 0 spiro atoms. The van der Waals surface area contributed by atoms with Gasteiger partial charge in [0, 0.05) is 32.2 Å². The summed E-state index contributed by atoms with van der Waals surface area (Å²) in [5.41, 5.74) is 0. The lowest BCUT2D eigenvalue weighted by atomic mass is 10.2. The summed E-state index contributed by atoms with van der Waals surface area (Å²) in [6.07, 6.45) is 2.49. The van der Waals surface area contributed by atoms with Crippen molar-refractivity contribution in [2.45, 2.75) is 30.2 Å². The Morgan fingerprint density at radius 1 is 1.04 bits per heavy atom. The van der Waals surface area contributed by atoms with Gasteiger partial charge in [-0.3, -0.25) is 4.79 Å². The van der Waals surface area contributed by atoms with Gasteiger partial charge in [0.1, 0.15) is 13.2 Å². The summed E-state index contributed by atoms with van der Waals surface area (Å²) in [7, 11) is -3.64. The quantitative estimate of drug-likeness (QED) is 0.763. The van der Waals surface area contributed by atoms with Gasteiger partial charge >= 0.3 is 0 Å². The second-order valence-electron chi connectivity index (χ2n) is 7.04. The van der Waals surface area contributed by atoms with Gasteiger partial charge in [-0.05, 0) is 37.9 Å². The van der Waals surface area contributed by atoms with Crippen LogP contribution in [-0.2, 0) is 14.8 Å². The molecule has 10 heteroatoms. The number of ether oxygens (including phenoxy) is 2. The molecule has 3 aliphatic heterocycles. The largest absolute Gasteiger partial charge is 0.486 e. The second kappa shape index (κ2) is 8.86. The molecule has 3 heterocycles. The van der Waals surface area contributed by atoms with Crippen molar-refractivity contribution in [2.75, 3.05) is 45.9 Å². The molecule has 1 amide bonds. The SMILES string of the molecule is Cl.O=C(C1CCCN1)N1CCCN(S(=O)(=O)c2ccc3c(c2)OCCO3)CC1. The van der Waals surface area contributed by atoms with Gasteiger partial charge in [-0.1, -0.05) is 0 Å². The lowest BCUT2D eigenvalue weighted by Crippen LogP contribution is -2.45. The van der Waals surface area contributed by atoms with Crippen molar-refractivity contribution in [1.82, 2.24) is 14.5 Å². The Morgan fingerprint density at radius 2 is 1.82 bits per heavy atom. The molecule has 156 valence electrons. The smallest absolute Gasteiger partial charge is 0.243 e. The third-order valence-corrected chi connectivity index (χ3v) is 7.17. The monoisotopic (exact) mass is 431 g/mol. The Morgan fingerprint density at radius 3 is 2.57 bits per heavy atom. The molecular weight excluding hydrogens is 406 g/mol. The average Bonchev–Trinajstić information content (AvgIpc) is 3.11. The van der Waals surface area contributed by atoms with Crippen LogP contribution >= 0.6 is 12.4 Å². The van der Waals surface area contributed by atoms with Crippen LogP contribution in [0.3, 0.4) is 0 Å². The fourth-order valence-electron chi connectivity index (χ4n) is 3.80. The first-order chi connectivity index (χ1) is 13.1. The third kappa shape index (κ3) is 4.22. The molecule has 0 saturated carbocycles. The first-order valence-electron chi connectivity index (χ1n) is 9.48. The molecule has 3 aliphatic rings. The summed E-state index contributed by atoms with van der Waals surface area (Å²) >= 11 is 0. The van der Waals surface area contributed by atoms with Crippen molar-refractivity contribution in [3.8, 4) is 11.5 Å². The lowest BCUT2D eigenvalue weighted by Gasteiger charge is -2.25. The molecule has 8 nitrogen and oxygen atoms in total. The van der Waals surface area contributed by atoms with Crippen LogP contribution in [0.15, 0.2) is 23.1 Å². The molecule has 2 fully saturated rings. The summed E-state index contributed by atoms with van der Waals surface area (Å²) in [6, 6.07) is 4.60. The predicted molar refractivity (Wildman–Crippen MR) is 106 cm³/mol. The number of carbonyl (C=O) groups excluding carboxylic acids is 1. The van der Waals surface area contributed by atoms with Crippen molar-refractivity contribution in [1.29, 1.82) is 0 Å². The molecule has 0 aliphatic carbocycles. The molecule has 1 aromatic carbocycles. The van der Waals surface area contributed by atoms with Gasteiger partial charge in [0.25, 0.3) is 0 Å². The standard InChI is InChI=1S/C18H25N3O5S.ClH/c22-18(15-3-1-6-19-15)20-7-2-8-21(10-9-20)27(23,24)14-4-5-16-17(13-14)26-12-11-25-16;/h4-5,13,15,19H,1-3,6-12H2;1H. The summed E-state index contributed by atoms with van der Waals surface area (Å²) in [5, 5.41) is 3.22. The van der Waals surface area contributed by atoms with E-state index < -0.39 is 10.0 Å². The fourth-order valence-corrected chi connectivity index (χ4v) is 5.29. The first kappa shape index (κ1) is 21.2. The Labute approximate surface area is 171 Å². The number of carbonyl (C=O) groups is 1. The first-order valence-corrected chi connectivity index (χ1v) is 10.9. The summed E-state index contributed by atoms with van der Waals surface area (Å²) in [4.78, 5) is 14.6. The van der Waals surface area contributed by atoms with Crippen LogP contribution < -0.4 is 14.8 Å². The number of nitrogens with one attached hydrogen (secondary N) is 1. The van der Waals surface area contributed by atoms with E-state index in [0.717, 1.165) is 19.4 Å². The molecule has 1 aromatic rings. The van der Waals surface area contributed by atoms with Gasteiger partial charge < -0.3 is 19.7 Å². The Hall–Kier alpha value is -1.55. The van der Waals surface area contributed by atoms with Crippen LogP contribution in [-0.4, -0.2) is 75.5 Å². The van der Waals surface area contributed by atoms with Crippen LogP contribution in [0.5, 0.6) is 11.5 Å². The van der Waals surface area contributed by atoms with Crippen molar-refractivity contribution in [2.24, 2.45) is 0 Å². The number of amides is 1. The molecule has 0 bridgehead atoms. The van der Waals surface area contributed by atoms with E-state index in [1.807, 2.05) is 0 Å². The van der Waals surface area contributed by atoms with Gasteiger partial charge in [0.15, 0.2) is 11.5 Å². The van der Waals surface area contributed by atoms with E-state index in [4.69, 9.17) is 9.47 Å². The average molecular weight is 432 g/mol. The maximum absolute atomic E-state index is 13.1. The lowest BCUT2D eigenvalue weighted by molar-refractivity contribution is -0.132. The molecule has 4 rings (SSSR count). The molecule has 0 aromatic heterocycles. The molecule has 1 atom stereocenters. The number of nitrogens with zero attached hydrogens (tertiary/aromatic N) is 2. The minimum atomic E-state index is -3.64. The van der Waals surface area contributed by atoms with Crippen molar-refractivity contribution < 1.29 is 22.7 Å². The van der Waals surface area contributed by atoms with Crippen LogP contribution in [0.25, 0.3) is 0 Å². The zero-order chi connectivity index (χ0) is 18.9. The topological polar surface area (TPSA) is 88.2 Å². The number of benzene rings is 1. The fraction of sp³-hybridized carbons (Fsp3) is 0.611. The molecular formula is C18H26ClN3O5S. The summed E-state index contributed by atoms with van der Waals surface area (Å²) in [6.45, 7) is 3.45. The Bertz CT molecular complexity index is 813. The number of sulfonamides is 1. The molecule has 28 heavy (non-hydrogen) atoms. The number of halogens is 1. The Kier molecular flexibility index (Phi) is 6.69. The van der Waals surface area contributed by atoms with E-state index in [9.17, 15) is 13.2 Å². The zero-order valence-electron chi connectivity index (χ0n) is 15.6. The van der Waals surface area contributed by atoms with Crippen LogP contribution in [0.2, 0.25) is 0 Å². The van der Waals surface area contributed by atoms with E-state index in [0.29, 0.717) is 57.3 Å². The maximum Gasteiger partial charge on any atom is 0.243 e. The van der Waals surface area contributed by atoms with E-state index >= 15 is 0 Å². The highest BCUT2D eigenvalue weighted by Gasteiger charge is 2.32. The second-order valence-corrected chi connectivity index (χ2v) is 8.98. The van der Waals surface area contributed by atoms with Gasteiger partial charge in [-0.2, -0.15) is 4.31 Å². The van der Waals surface area contributed by atoms with E-state index in [-0.39, 0.29) is 29.3 Å². The van der Waals surface area contributed by atoms with Gasteiger partial charge in [-0.15, -0.1) is 12.4 Å². The van der Waals surface area contributed by atoms with Crippen molar-refractivity contribution in [3.63, 3.8) is 0 Å². The summed E-state index contributed by atoms with van der Waals surface area (Å²) in [5.74, 6) is 1.12. The summed E-state index contributed by atoms with van der Waals surface area (Å²) < 4.78 is 38.6. The molecule has 1 N–H and O–H groups in total. The van der Waals surface area contributed by atoms with Crippen LogP contribution in [0, 0.1) is 0 Å². The van der Waals surface area contributed by atoms with E-state index in [2.05, 4.69) is 5.32 Å². The molecule has 1 unspecified atom stereocenters. The predicted octanol–water partition coefficient (Wildman–Crippen LogP) is 0.855. The number of rotatable bonds is 3. The molecule has 0 radical (unpaired) electrons. The molecule has 2 saturated heterocycles. The highest BCUT2D eigenvalue weighted by Crippen LogP contribution is 2.33. The maximum atomic E-state index is 13.1. The van der Waals surface area contributed by atoms with E-state index in [1.165, 1.54) is 10.4 Å².